The fourth-order valence-electron chi connectivity index (χ4n) is 1.93. The van der Waals surface area contributed by atoms with Crippen LogP contribution in [0.5, 0.6) is 5.75 Å². The van der Waals surface area contributed by atoms with E-state index in [1.165, 1.54) is 10.7 Å². The highest BCUT2D eigenvalue weighted by molar-refractivity contribution is 5.36. The number of methoxy groups -OCH3 is 1. The highest BCUT2D eigenvalue weighted by Crippen LogP contribution is 2.13. The van der Waals surface area contributed by atoms with Crippen LogP contribution in [-0.4, -0.2) is 35.1 Å². The van der Waals surface area contributed by atoms with Crippen LogP contribution in [0.2, 0.25) is 0 Å². The molecule has 0 saturated heterocycles. The number of aromatic hydroxyl groups is 1. The molecule has 0 aliphatic carbocycles. The lowest BCUT2D eigenvalue weighted by Crippen LogP contribution is -2.25. The Bertz CT molecular complexity index is 667. The molecule has 0 aliphatic heterocycles. The van der Waals surface area contributed by atoms with Crippen LogP contribution in [-0.2, 0) is 11.3 Å². The second-order valence-electron chi connectivity index (χ2n) is 4.73. The maximum Gasteiger partial charge on any atom is 0.275 e. The van der Waals surface area contributed by atoms with Crippen LogP contribution in [0.15, 0.2) is 35.1 Å². The maximum absolute atomic E-state index is 12.0. The third-order valence-electron chi connectivity index (χ3n) is 3.01. The molecule has 0 aliphatic rings. The summed E-state index contributed by atoms with van der Waals surface area (Å²) in [6.07, 6.45) is 0. The largest absolute Gasteiger partial charge is 0.506 e. The van der Waals surface area contributed by atoms with E-state index in [2.05, 4.69) is 10.4 Å². The number of hydrogen-bond donors (Lipinski definition) is 2. The van der Waals surface area contributed by atoms with Gasteiger partial charge in [-0.1, -0.05) is 12.1 Å². The van der Waals surface area contributed by atoms with Gasteiger partial charge in [0.15, 0.2) is 0 Å². The molecule has 0 amide bonds. The molecule has 1 aromatic carbocycles. The first-order chi connectivity index (χ1) is 10.1. The van der Waals surface area contributed by atoms with Crippen molar-refractivity contribution in [2.75, 3.05) is 20.3 Å². The number of ether oxygens (including phenoxy) is 1. The van der Waals surface area contributed by atoms with Gasteiger partial charge in [-0.25, -0.2) is 0 Å². The van der Waals surface area contributed by atoms with E-state index in [4.69, 9.17) is 4.74 Å². The van der Waals surface area contributed by atoms with Crippen LogP contribution in [0.3, 0.4) is 0 Å². The van der Waals surface area contributed by atoms with Crippen molar-refractivity contribution in [1.29, 1.82) is 0 Å². The highest BCUT2D eigenvalue weighted by atomic mass is 16.5. The van der Waals surface area contributed by atoms with E-state index < -0.39 is 0 Å². The van der Waals surface area contributed by atoms with Gasteiger partial charge in [-0.15, -0.1) is 0 Å². The Morgan fingerprint density at radius 3 is 2.90 bits per heavy atom. The van der Waals surface area contributed by atoms with Crippen molar-refractivity contribution < 1.29 is 9.84 Å². The fourth-order valence-corrected chi connectivity index (χ4v) is 1.93. The highest BCUT2D eigenvalue weighted by Gasteiger charge is 2.09. The fraction of sp³-hybridized carbons (Fsp3) is 0.333. The molecule has 6 nitrogen and oxygen atoms in total. The molecule has 0 radical (unpaired) electrons. The number of aromatic nitrogens is 2. The third kappa shape index (κ3) is 3.90. The van der Waals surface area contributed by atoms with Crippen molar-refractivity contribution in [2.45, 2.75) is 13.5 Å². The molecule has 0 unspecified atom stereocenters. The number of hydrogen-bond acceptors (Lipinski definition) is 5. The Morgan fingerprint density at radius 1 is 1.38 bits per heavy atom. The number of rotatable bonds is 6. The van der Waals surface area contributed by atoms with Gasteiger partial charge in [-0.2, -0.15) is 9.78 Å². The first kappa shape index (κ1) is 15.2. The predicted molar refractivity (Wildman–Crippen MR) is 79.8 cm³/mol. The van der Waals surface area contributed by atoms with Gasteiger partial charge >= 0.3 is 0 Å². The quantitative estimate of drug-likeness (QED) is 0.775. The van der Waals surface area contributed by atoms with Crippen LogP contribution in [0.1, 0.15) is 11.3 Å². The van der Waals surface area contributed by atoms with Gasteiger partial charge in [0.05, 0.1) is 12.3 Å². The molecule has 112 valence electrons. The molecule has 0 saturated carbocycles. The van der Waals surface area contributed by atoms with Crippen LogP contribution < -0.4 is 10.9 Å². The summed E-state index contributed by atoms with van der Waals surface area (Å²) in [6, 6.07) is 8.67. The van der Waals surface area contributed by atoms with E-state index in [1.54, 1.807) is 13.2 Å². The van der Waals surface area contributed by atoms with Gasteiger partial charge in [0.25, 0.3) is 5.56 Å². The van der Waals surface area contributed by atoms with Crippen molar-refractivity contribution in [1.82, 2.24) is 15.1 Å². The first-order valence-corrected chi connectivity index (χ1v) is 6.70. The summed E-state index contributed by atoms with van der Waals surface area (Å²) < 4.78 is 6.23. The molecule has 0 fully saturated rings. The van der Waals surface area contributed by atoms with E-state index in [0.29, 0.717) is 31.1 Å². The van der Waals surface area contributed by atoms with E-state index >= 15 is 0 Å². The summed E-state index contributed by atoms with van der Waals surface area (Å²) in [7, 11) is 1.62. The van der Waals surface area contributed by atoms with E-state index in [0.717, 1.165) is 5.56 Å². The van der Waals surface area contributed by atoms with Gasteiger partial charge in [0.2, 0.25) is 0 Å². The normalized spacial score (nSPS) is 10.8. The third-order valence-corrected chi connectivity index (χ3v) is 3.01. The monoisotopic (exact) mass is 289 g/mol. The zero-order valence-corrected chi connectivity index (χ0v) is 12.2. The second-order valence-corrected chi connectivity index (χ2v) is 4.73. The zero-order valence-electron chi connectivity index (χ0n) is 12.2. The smallest absolute Gasteiger partial charge is 0.275 e. The minimum Gasteiger partial charge on any atom is -0.506 e. The van der Waals surface area contributed by atoms with Crippen molar-refractivity contribution in [3.63, 3.8) is 0 Å². The molecule has 2 rings (SSSR count). The summed E-state index contributed by atoms with van der Waals surface area (Å²) in [6.45, 7) is 3.52. The second kappa shape index (κ2) is 7.01. The summed E-state index contributed by atoms with van der Waals surface area (Å²) in [5, 5.41) is 17.1. The molecule has 1 aromatic heterocycles. The molecule has 0 bridgehead atoms. The van der Waals surface area contributed by atoms with Crippen molar-refractivity contribution in [3.05, 3.63) is 51.9 Å². The molecule has 0 atom stereocenters. The summed E-state index contributed by atoms with van der Waals surface area (Å²) in [4.78, 5) is 12.0. The molecule has 1 heterocycles. The molecule has 21 heavy (non-hydrogen) atoms. The number of nitrogens with one attached hydrogen (secondary N) is 1. The molecule has 0 spiro atoms. The zero-order chi connectivity index (χ0) is 15.2. The number of benzene rings is 1. The standard InChI is InChI=1S/C15H19N3O3/c1-11-4-3-5-12(8-11)18-15(20)9-14(19)13(17-18)10-16-6-7-21-2/h3-5,8-9,16,19H,6-7,10H2,1-2H3. The molecule has 6 heteroatoms. The first-order valence-electron chi connectivity index (χ1n) is 6.70. The Hall–Kier alpha value is -2.18. The van der Waals surface area contributed by atoms with E-state index in [9.17, 15) is 9.90 Å². The minimum absolute atomic E-state index is 0.103. The summed E-state index contributed by atoms with van der Waals surface area (Å²) >= 11 is 0. The van der Waals surface area contributed by atoms with E-state index in [1.807, 2.05) is 25.1 Å². The van der Waals surface area contributed by atoms with Gasteiger partial charge in [-0.3, -0.25) is 4.79 Å². The van der Waals surface area contributed by atoms with Crippen LogP contribution in [0, 0.1) is 6.92 Å². The predicted octanol–water partition coefficient (Wildman–Crippen LogP) is 0.983. The summed E-state index contributed by atoms with van der Waals surface area (Å²) in [5.74, 6) is -0.103. The topological polar surface area (TPSA) is 76.4 Å². The molecule has 2 N–H and O–H groups in total. The summed E-state index contributed by atoms with van der Waals surface area (Å²) in [5.41, 5.74) is 1.78. The average molecular weight is 289 g/mol. The number of aryl methyl sites for hydroxylation is 1. The van der Waals surface area contributed by atoms with Gasteiger partial charge in [-0.05, 0) is 24.6 Å². The van der Waals surface area contributed by atoms with E-state index in [-0.39, 0.29) is 11.3 Å². The maximum atomic E-state index is 12.0. The van der Waals surface area contributed by atoms with Crippen LogP contribution >= 0.6 is 0 Å². The molecule has 2 aromatic rings. The lowest BCUT2D eigenvalue weighted by atomic mass is 10.2. The van der Waals surface area contributed by atoms with Crippen molar-refractivity contribution >= 4 is 0 Å². The lowest BCUT2D eigenvalue weighted by Gasteiger charge is -2.10. The average Bonchev–Trinajstić information content (AvgIpc) is 2.45. The Morgan fingerprint density at radius 2 is 2.19 bits per heavy atom. The van der Waals surface area contributed by atoms with Crippen LogP contribution in [0.4, 0.5) is 0 Å². The van der Waals surface area contributed by atoms with Crippen molar-refractivity contribution in [3.8, 4) is 11.4 Å². The van der Waals surface area contributed by atoms with Gasteiger partial charge < -0.3 is 15.2 Å². The SMILES string of the molecule is COCCNCc1nn(-c2cccc(C)c2)c(=O)cc1O. The van der Waals surface area contributed by atoms with Gasteiger partial charge in [0.1, 0.15) is 11.4 Å². The molecular weight excluding hydrogens is 270 g/mol. The van der Waals surface area contributed by atoms with Gasteiger partial charge in [0, 0.05) is 26.3 Å². The Labute approximate surface area is 123 Å². The Kier molecular flexibility index (Phi) is 5.08. The molecular formula is C15H19N3O3. The lowest BCUT2D eigenvalue weighted by molar-refractivity contribution is 0.199. The Balaban J connectivity index is 2.28. The minimum atomic E-state index is -0.362. The van der Waals surface area contributed by atoms with Crippen molar-refractivity contribution in [2.24, 2.45) is 0 Å². The number of nitrogens with zero attached hydrogens (tertiary/aromatic N) is 2. The van der Waals surface area contributed by atoms with Crippen LogP contribution in [0.25, 0.3) is 5.69 Å².